The SMILES string of the molecule is CCOCCN(CCOCC)C(=O)C(N)CC(N)=O. The fourth-order valence-electron chi connectivity index (χ4n) is 1.51. The van der Waals surface area contributed by atoms with Crippen molar-refractivity contribution in [3.05, 3.63) is 0 Å². The summed E-state index contributed by atoms with van der Waals surface area (Å²) in [6.45, 7) is 6.63. The Kier molecular flexibility index (Phi) is 10.1. The number of amides is 2. The summed E-state index contributed by atoms with van der Waals surface area (Å²) in [5.74, 6) is -0.895. The quantitative estimate of drug-likeness (QED) is 0.475. The van der Waals surface area contributed by atoms with Crippen molar-refractivity contribution in [1.29, 1.82) is 0 Å². The van der Waals surface area contributed by atoms with Gasteiger partial charge in [0, 0.05) is 26.3 Å². The van der Waals surface area contributed by atoms with Crippen molar-refractivity contribution in [2.24, 2.45) is 11.5 Å². The zero-order valence-corrected chi connectivity index (χ0v) is 11.8. The van der Waals surface area contributed by atoms with Gasteiger partial charge >= 0.3 is 0 Å². The first-order chi connectivity index (χ1) is 9.02. The molecule has 19 heavy (non-hydrogen) atoms. The maximum absolute atomic E-state index is 12.0. The van der Waals surface area contributed by atoms with Crippen LogP contribution in [0.4, 0.5) is 0 Å². The zero-order chi connectivity index (χ0) is 14.7. The van der Waals surface area contributed by atoms with Gasteiger partial charge in [-0.1, -0.05) is 0 Å². The van der Waals surface area contributed by atoms with E-state index in [4.69, 9.17) is 20.9 Å². The van der Waals surface area contributed by atoms with Gasteiger partial charge in [-0.25, -0.2) is 0 Å². The highest BCUT2D eigenvalue weighted by molar-refractivity contribution is 5.87. The lowest BCUT2D eigenvalue weighted by molar-refractivity contribution is -0.136. The summed E-state index contributed by atoms with van der Waals surface area (Å²) in [5.41, 5.74) is 10.7. The van der Waals surface area contributed by atoms with Crippen molar-refractivity contribution in [3.8, 4) is 0 Å². The van der Waals surface area contributed by atoms with E-state index < -0.39 is 11.9 Å². The largest absolute Gasteiger partial charge is 0.380 e. The number of hydrogen-bond donors (Lipinski definition) is 2. The summed E-state index contributed by atoms with van der Waals surface area (Å²) >= 11 is 0. The third-order valence-electron chi connectivity index (χ3n) is 2.47. The maximum atomic E-state index is 12.0. The van der Waals surface area contributed by atoms with Crippen LogP contribution in [0.2, 0.25) is 0 Å². The van der Waals surface area contributed by atoms with E-state index in [0.717, 1.165) is 0 Å². The third kappa shape index (κ3) is 8.52. The first-order valence-corrected chi connectivity index (χ1v) is 6.51. The van der Waals surface area contributed by atoms with E-state index in [1.54, 1.807) is 4.90 Å². The van der Waals surface area contributed by atoms with Crippen LogP contribution in [0, 0.1) is 0 Å². The summed E-state index contributed by atoms with van der Waals surface area (Å²) in [6.07, 6.45) is -0.154. The molecule has 0 aliphatic heterocycles. The predicted octanol–water partition coefficient (Wildman–Crippen LogP) is -0.909. The van der Waals surface area contributed by atoms with E-state index >= 15 is 0 Å². The summed E-state index contributed by atoms with van der Waals surface area (Å²) < 4.78 is 10.4. The fraction of sp³-hybridized carbons (Fsp3) is 0.833. The lowest BCUT2D eigenvalue weighted by atomic mass is 10.2. The molecule has 0 fully saturated rings. The molecule has 0 aromatic rings. The molecule has 0 heterocycles. The van der Waals surface area contributed by atoms with E-state index in [1.807, 2.05) is 13.8 Å². The smallest absolute Gasteiger partial charge is 0.240 e. The molecule has 0 aromatic carbocycles. The fourth-order valence-corrected chi connectivity index (χ4v) is 1.51. The van der Waals surface area contributed by atoms with Crippen LogP contribution in [0.1, 0.15) is 20.3 Å². The number of carbonyl (C=O) groups excluding carboxylic acids is 2. The highest BCUT2D eigenvalue weighted by atomic mass is 16.5. The molecule has 0 radical (unpaired) electrons. The minimum Gasteiger partial charge on any atom is -0.380 e. The Bertz CT molecular complexity index is 264. The minimum absolute atomic E-state index is 0.154. The Hall–Kier alpha value is -1.18. The van der Waals surface area contributed by atoms with Gasteiger partial charge in [-0.3, -0.25) is 9.59 Å². The molecule has 0 rings (SSSR count). The Balaban J connectivity index is 4.33. The molecule has 1 atom stereocenters. The van der Waals surface area contributed by atoms with E-state index in [9.17, 15) is 9.59 Å². The topological polar surface area (TPSA) is 108 Å². The molecule has 7 nitrogen and oxygen atoms in total. The first-order valence-electron chi connectivity index (χ1n) is 6.51. The van der Waals surface area contributed by atoms with Gasteiger partial charge in [0.1, 0.15) is 0 Å². The second-order valence-corrected chi connectivity index (χ2v) is 4.00. The van der Waals surface area contributed by atoms with Crippen molar-refractivity contribution in [2.45, 2.75) is 26.3 Å². The van der Waals surface area contributed by atoms with Crippen molar-refractivity contribution < 1.29 is 19.1 Å². The Morgan fingerprint density at radius 1 is 1.11 bits per heavy atom. The van der Waals surface area contributed by atoms with Crippen LogP contribution in [0.25, 0.3) is 0 Å². The van der Waals surface area contributed by atoms with Crippen molar-refractivity contribution in [1.82, 2.24) is 4.90 Å². The van der Waals surface area contributed by atoms with E-state index in [0.29, 0.717) is 39.5 Å². The molecule has 0 spiro atoms. The molecular formula is C12H25N3O4. The number of rotatable bonds is 11. The first kappa shape index (κ1) is 17.8. The van der Waals surface area contributed by atoms with Crippen LogP contribution in [-0.4, -0.2) is 62.3 Å². The third-order valence-corrected chi connectivity index (χ3v) is 2.47. The summed E-state index contributed by atoms with van der Waals surface area (Å²) in [7, 11) is 0. The second kappa shape index (κ2) is 10.7. The van der Waals surface area contributed by atoms with Crippen LogP contribution in [0.15, 0.2) is 0 Å². The molecule has 0 saturated carbocycles. The van der Waals surface area contributed by atoms with Crippen molar-refractivity contribution in [2.75, 3.05) is 39.5 Å². The highest BCUT2D eigenvalue weighted by Crippen LogP contribution is 1.98. The van der Waals surface area contributed by atoms with Crippen LogP contribution in [0.5, 0.6) is 0 Å². The van der Waals surface area contributed by atoms with E-state index in [1.165, 1.54) is 0 Å². The van der Waals surface area contributed by atoms with Gasteiger partial charge in [0.15, 0.2) is 0 Å². The molecule has 4 N–H and O–H groups in total. The van der Waals surface area contributed by atoms with Gasteiger partial charge in [-0.05, 0) is 13.8 Å². The minimum atomic E-state index is -0.902. The Morgan fingerprint density at radius 2 is 1.58 bits per heavy atom. The zero-order valence-electron chi connectivity index (χ0n) is 11.8. The molecule has 0 aromatic heterocycles. The van der Waals surface area contributed by atoms with Crippen LogP contribution in [0.3, 0.4) is 0 Å². The molecule has 0 aliphatic carbocycles. The Morgan fingerprint density at radius 3 is 1.95 bits per heavy atom. The standard InChI is InChI=1S/C12H25N3O4/c1-3-18-7-5-15(6-8-19-4-2)12(17)10(13)9-11(14)16/h10H,3-9,13H2,1-2H3,(H2,14,16). The maximum Gasteiger partial charge on any atom is 0.240 e. The number of ether oxygens (including phenoxy) is 2. The number of nitrogens with two attached hydrogens (primary N) is 2. The number of carbonyl (C=O) groups is 2. The monoisotopic (exact) mass is 275 g/mol. The van der Waals surface area contributed by atoms with Crippen molar-refractivity contribution >= 4 is 11.8 Å². The normalized spacial score (nSPS) is 12.2. The van der Waals surface area contributed by atoms with Gasteiger partial charge in [0.2, 0.25) is 11.8 Å². The van der Waals surface area contributed by atoms with E-state index in [-0.39, 0.29) is 12.3 Å². The molecular weight excluding hydrogens is 250 g/mol. The molecule has 112 valence electrons. The van der Waals surface area contributed by atoms with Gasteiger partial charge in [0.25, 0.3) is 0 Å². The highest BCUT2D eigenvalue weighted by Gasteiger charge is 2.22. The van der Waals surface area contributed by atoms with Gasteiger partial charge in [-0.15, -0.1) is 0 Å². The summed E-state index contributed by atoms with van der Waals surface area (Å²) in [5, 5.41) is 0. The lowest BCUT2D eigenvalue weighted by Gasteiger charge is -2.25. The lowest BCUT2D eigenvalue weighted by Crippen LogP contribution is -2.47. The van der Waals surface area contributed by atoms with Crippen molar-refractivity contribution in [3.63, 3.8) is 0 Å². The predicted molar refractivity (Wildman–Crippen MR) is 71.4 cm³/mol. The number of primary amides is 1. The molecule has 7 heteroatoms. The van der Waals surface area contributed by atoms with Gasteiger partial charge in [-0.2, -0.15) is 0 Å². The van der Waals surface area contributed by atoms with Gasteiger partial charge in [0.05, 0.1) is 25.7 Å². The average Bonchev–Trinajstić information content (AvgIpc) is 2.35. The molecule has 0 saturated heterocycles. The van der Waals surface area contributed by atoms with Crippen LogP contribution < -0.4 is 11.5 Å². The Labute approximate surface area is 114 Å². The second-order valence-electron chi connectivity index (χ2n) is 4.00. The molecule has 0 bridgehead atoms. The van der Waals surface area contributed by atoms with Crippen LogP contribution in [-0.2, 0) is 19.1 Å². The molecule has 2 amide bonds. The summed E-state index contributed by atoms with van der Waals surface area (Å²) in [6, 6.07) is -0.902. The van der Waals surface area contributed by atoms with Crippen LogP contribution >= 0.6 is 0 Å². The number of nitrogens with zero attached hydrogens (tertiary/aromatic N) is 1. The van der Waals surface area contributed by atoms with E-state index in [2.05, 4.69) is 0 Å². The molecule has 0 aliphatic rings. The molecule has 1 unspecified atom stereocenters. The van der Waals surface area contributed by atoms with Gasteiger partial charge < -0.3 is 25.8 Å². The number of hydrogen-bond acceptors (Lipinski definition) is 5. The average molecular weight is 275 g/mol. The summed E-state index contributed by atoms with van der Waals surface area (Å²) in [4.78, 5) is 24.4.